The number of rotatable bonds is 2. The number of ether oxygens (including phenoxy) is 2. The first kappa shape index (κ1) is 14.2. The van der Waals surface area contributed by atoms with E-state index >= 15 is 0 Å². The largest absolute Gasteiger partial charge is 0.490 e. The molecule has 0 aliphatic carbocycles. The third kappa shape index (κ3) is 2.54. The molecule has 0 bridgehead atoms. The molecule has 1 fully saturated rings. The molecular formula is C15H21BrN2O2. The SMILES string of the molecule is CN1CCC(CN)C1c1cc(Br)c2c(c1)OCCCO2. The van der Waals surface area contributed by atoms with Crippen LogP contribution in [0.15, 0.2) is 16.6 Å². The quantitative estimate of drug-likeness (QED) is 0.898. The lowest BCUT2D eigenvalue weighted by Crippen LogP contribution is -2.25. The molecule has 110 valence electrons. The Labute approximate surface area is 128 Å². The van der Waals surface area contributed by atoms with Crippen molar-refractivity contribution in [2.24, 2.45) is 11.7 Å². The van der Waals surface area contributed by atoms with Crippen LogP contribution in [-0.2, 0) is 0 Å². The normalized spacial score (nSPS) is 26.6. The van der Waals surface area contributed by atoms with E-state index in [1.54, 1.807) is 0 Å². The molecule has 5 heteroatoms. The number of fused-ring (bicyclic) bond motifs is 1. The van der Waals surface area contributed by atoms with Crippen molar-refractivity contribution >= 4 is 15.9 Å². The molecule has 0 amide bonds. The smallest absolute Gasteiger partial charge is 0.175 e. The Kier molecular flexibility index (Phi) is 4.19. The molecule has 4 nitrogen and oxygen atoms in total. The van der Waals surface area contributed by atoms with Crippen LogP contribution >= 0.6 is 15.9 Å². The van der Waals surface area contributed by atoms with Crippen molar-refractivity contribution in [1.29, 1.82) is 0 Å². The van der Waals surface area contributed by atoms with Gasteiger partial charge in [0.15, 0.2) is 11.5 Å². The predicted molar refractivity (Wildman–Crippen MR) is 82.3 cm³/mol. The molecule has 0 radical (unpaired) electrons. The molecule has 0 aromatic heterocycles. The second-order valence-corrected chi connectivity index (χ2v) is 6.44. The van der Waals surface area contributed by atoms with Gasteiger partial charge < -0.3 is 15.2 Å². The van der Waals surface area contributed by atoms with E-state index in [9.17, 15) is 0 Å². The maximum atomic E-state index is 5.93. The third-order valence-electron chi connectivity index (χ3n) is 4.24. The van der Waals surface area contributed by atoms with E-state index in [-0.39, 0.29) is 0 Å². The van der Waals surface area contributed by atoms with Gasteiger partial charge in [-0.3, -0.25) is 4.90 Å². The molecule has 0 spiro atoms. The van der Waals surface area contributed by atoms with Gasteiger partial charge in [0.05, 0.1) is 17.7 Å². The van der Waals surface area contributed by atoms with Crippen LogP contribution in [0.5, 0.6) is 11.5 Å². The highest BCUT2D eigenvalue weighted by Gasteiger charge is 2.33. The highest BCUT2D eigenvalue weighted by Crippen LogP contribution is 2.43. The Bertz CT molecular complexity index is 495. The van der Waals surface area contributed by atoms with E-state index in [1.165, 1.54) is 5.56 Å². The summed E-state index contributed by atoms with van der Waals surface area (Å²) in [7, 11) is 2.16. The number of hydrogen-bond donors (Lipinski definition) is 1. The summed E-state index contributed by atoms with van der Waals surface area (Å²) in [5.41, 5.74) is 7.19. The fraction of sp³-hybridized carbons (Fsp3) is 0.600. The fourth-order valence-electron chi connectivity index (χ4n) is 3.22. The number of halogens is 1. The zero-order chi connectivity index (χ0) is 14.1. The van der Waals surface area contributed by atoms with Crippen molar-refractivity contribution in [2.45, 2.75) is 18.9 Å². The molecule has 0 saturated carbocycles. The molecule has 2 unspecified atom stereocenters. The van der Waals surface area contributed by atoms with Crippen LogP contribution in [0.4, 0.5) is 0 Å². The van der Waals surface area contributed by atoms with Gasteiger partial charge in [-0.2, -0.15) is 0 Å². The Morgan fingerprint density at radius 1 is 1.35 bits per heavy atom. The summed E-state index contributed by atoms with van der Waals surface area (Å²) in [5, 5.41) is 0. The number of likely N-dealkylation sites (tertiary alicyclic amines) is 1. The molecule has 1 aromatic rings. The Hall–Kier alpha value is -0.780. The predicted octanol–water partition coefficient (Wildman–Crippen LogP) is 2.56. The third-order valence-corrected chi connectivity index (χ3v) is 4.83. The zero-order valence-electron chi connectivity index (χ0n) is 11.8. The lowest BCUT2D eigenvalue weighted by molar-refractivity contribution is 0.277. The summed E-state index contributed by atoms with van der Waals surface area (Å²) in [6.45, 7) is 3.24. The van der Waals surface area contributed by atoms with Gasteiger partial charge >= 0.3 is 0 Å². The lowest BCUT2D eigenvalue weighted by atomic mass is 9.93. The van der Waals surface area contributed by atoms with E-state index in [2.05, 4.69) is 40.0 Å². The Balaban J connectivity index is 1.98. The minimum Gasteiger partial charge on any atom is -0.490 e. The van der Waals surface area contributed by atoms with Crippen molar-refractivity contribution in [3.8, 4) is 11.5 Å². The Morgan fingerprint density at radius 2 is 2.15 bits per heavy atom. The monoisotopic (exact) mass is 340 g/mol. The van der Waals surface area contributed by atoms with Crippen LogP contribution in [0.25, 0.3) is 0 Å². The minimum absolute atomic E-state index is 0.369. The molecular weight excluding hydrogens is 320 g/mol. The molecule has 1 aromatic carbocycles. The average Bonchev–Trinajstić information content (AvgIpc) is 2.66. The van der Waals surface area contributed by atoms with Gasteiger partial charge in [0.2, 0.25) is 0 Å². The molecule has 2 aliphatic rings. The highest BCUT2D eigenvalue weighted by molar-refractivity contribution is 9.10. The summed E-state index contributed by atoms with van der Waals surface area (Å²) in [6.07, 6.45) is 2.08. The first-order valence-corrected chi connectivity index (χ1v) is 7.99. The number of hydrogen-bond acceptors (Lipinski definition) is 4. The van der Waals surface area contributed by atoms with Crippen LogP contribution in [-0.4, -0.2) is 38.3 Å². The molecule has 1 saturated heterocycles. The van der Waals surface area contributed by atoms with E-state index in [4.69, 9.17) is 15.2 Å². The molecule has 2 atom stereocenters. The van der Waals surface area contributed by atoms with Crippen molar-refractivity contribution in [2.75, 3.05) is 33.4 Å². The molecule has 3 rings (SSSR count). The fourth-order valence-corrected chi connectivity index (χ4v) is 3.80. The van der Waals surface area contributed by atoms with Crippen LogP contribution < -0.4 is 15.2 Å². The standard InChI is InChI=1S/C15H21BrN2O2/c1-18-4-3-10(9-17)14(18)11-7-12(16)15-13(8-11)19-5-2-6-20-15/h7-8,10,14H,2-6,9,17H2,1H3. The van der Waals surface area contributed by atoms with Crippen molar-refractivity contribution in [3.63, 3.8) is 0 Å². The second kappa shape index (κ2) is 5.92. The maximum absolute atomic E-state index is 5.93. The average molecular weight is 341 g/mol. The Morgan fingerprint density at radius 3 is 2.95 bits per heavy atom. The van der Waals surface area contributed by atoms with Gasteiger partial charge in [-0.1, -0.05) is 0 Å². The topological polar surface area (TPSA) is 47.7 Å². The van der Waals surface area contributed by atoms with Gasteiger partial charge in [-0.15, -0.1) is 0 Å². The molecule has 2 aliphatic heterocycles. The summed E-state index contributed by atoms with van der Waals surface area (Å²) in [6, 6.07) is 4.65. The lowest BCUT2D eigenvalue weighted by Gasteiger charge is -2.26. The number of benzene rings is 1. The van der Waals surface area contributed by atoms with E-state index < -0.39 is 0 Å². The molecule has 20 heavy (non-hydrogen) atoms. The van der Waals surface area contributed by atoms with Gasteiger partial charge in [-0.25, -0.2) is 0 Å². The van der Waals surface area contributed by atoms with Gasteiger partial charge in [0, 0.05) is 12.5 Å². The van der Waals surface area contributed by atoms with Crippen LogP contribution in [0.3, 0.4) is 0 Å². The first-order valence-electron chi connectivity index (χ1n) is 7.20. The number of nitrogens with zero attached hydrogens (tertiary/aromatic N) is 1. The summed E-state index contributed by atoms with van der Waals surface area (Å²) in [4.78, 5) is 2.38. The first-order chi connectivity index (χ1) is 9.70. The summed E-state index contributed by atoms with van der Waals surface area (Å²) >= 11 is 3.62. The van der Waals surface area contributed by atoms with Crippen molar-refractivity contribution in [1.82, 2.24) is 4.90 Å². The van der Waals surface area contributed by atoms with Crippen LogP contribution in [0.2, 0.25) is 0 Å². The van der Waals surface area contributed by atoms with E-state index in [0.717, 1.165) is 41.9 Å². The van der Waals surface area contributed by atoms with Crippen molar-refractivity contribution in [3.05, 3.63) is 22.2 Å². The van der Waals surface area contributed by atoms with Gasteiger partial charge in [0.25, 0.3) is 0 Å². The minimum atomic E-state index is 0.369. The zero-order valence-corrected chi connectivity index (χ0v) is 13.4. The van der Waals surface area contributed by atoms with Crippen LogP contribution in [0.1, 0.15) is 24.4 Å². The second-order valence-electron chi connectivity index (χ2n) is 5.59. The molecule has 2 N–H and O–H groups in total. The van der Waals surface area contributed by atoms with E-state index in [1.807, 2.05) is 0 Å². The van der Waals surface area contributed by atoms with Crippen LogP contribution in [0, 0.1) is 5.92 Å². The van der Waals surface area contributed by atoms with Gasteiger partial charge in [0.1, 0.15) is 0 Å². The van der Waals surface area contributed by atoms with Crippen molar-refractivity contribution < 1.29 is 9.47 Å². The maximum Gasteiger partial charge on any atom is 0.175 e. The summed E-state index contributed by atoms with van der Waals surface area (Å²) < 4.78 is 12.6. The van der Waals surface area contributed by atoms with E-state index in [0.29, 0.717) is 25.2 Å². The number of nitrogens with two attached hydrogens (primary N) is 1. The summed E-state index contributed by atoms with van der Waals surface area (Å²) in [5.74, 6) is 2.19. The molecule has 2 heterocycles. The van der Waals surface area contributed by atoms with Gasteiger partial charge in [-0.05, 0) is 66.1 Å². The highest BCUT2D eigenvalue weighted by atomic mass is 79.9.